The second kappa shape index (κ2) is 8.48. The summed E-state index contributed by atoms with van der Waals surface area (Å²) in [6.45, 7) is 3.49. The molecule has 2 aromatic heterocycles. The molecule has 1 saturated carbocycles. The van der Waals surface area contributed by atoms with Crippen LogP contribution < -0.4 is 5.32 Å². The molecule has 0 spiro atoms. The van der Waals surface area contributed by atoms with Gasteiger partial charge in [-0.1, -0.05) is 25.7 Å². The molecule has 1 N–H and O–H groups in total. The number of methoxy groups -OCH3 is 1. The van der Waals surface area contributed by atoms with E-state index in [1.54, 1.807) is 23.3 Å². The van der Waals surface area contributed by atoms with Crippen molar-refractivity contribution in [1.29, 1.82) is 0 Å². The maximum Gasteiger partial charge on any atom is 0.271 e. The van der Waals surface area contributed by atoms with Gasteiger partial charge in [0, 0.05) is 26.3 Å². The van der Waals surface area contributed by atoms with Crippen LogP contribution in [0.4, 0.5) is 0 Å². The Labute approximate surface area is 176 Å². The molecule has 2 amide bonds. The Balaban J connectivity index is 1.64. The number of thiophene rings is 1. The standard InChI is InChI=1S/C22H31N3O3S/c1-22(21(27)23-16-8-5-3-4-6-9-16)15-24-17-10-13-29-19(17)14-18(24)20(26)25(22)11-7-12-28-2/h10,13-14,16H,3-9,11-12,15H2,1-2H3,(H,23,27)/t22-/m0/s1. The predicted molar refractivity (Wildman–Crippen MR) is 115 cm³/mol. The lowest BCUT2D eigenvalue weighted by atomic mass is 9.93. The van der Waals surface area contributed by atoms with Crippen LogP contribution in [0.2, 0.25) is 0 Å². The van der Waals surface area contributed by atoms with E-state index >= 15 is 0 Å². The Morgan fingerprint density at radius 2 is 2.07 bits per heavy atom. The van der Waals surface area contributed by atoms with Crippen molar-refractivity contribution in [2.45, 2.75) is 70.0 Å². The predicted octanol–water partition coefficient (Wildman–Crippen LogP) is 3.79. The highest BCUT2D eigenvalue weighted by Gasteiger charge is 2.47. The largest absolute Gasteiger partial charge is 0.385 e. The Bertz CT molecular complexity index is 881. The summed E-state index contributed by atoms with van der Waals surface area (Å²) < 4.78 is 8.33. The average molecular weight is 418 g/mol. The lowest BCUT2D eigenvalue weighted by Gasteiger charge is -2.44. The van der Waals surface area contributed by atoms with E-state index in [1.165, 1.54) is 12.8 Å². The van der Waals surface area contributed by atoms with Crippen LogP contribution in [0.15, 0.2) is 17.5 Å². The van der Waals surface area contributed by atoms with Crippen molar-refractivity contribution < 1.29 is 14.3 Å². The molecule has 0 unspecified atom stereocenters. The molecule has 3 heterocycles. The van der Waals surface area contributed by atoms with Crippen molar-refractivity contribution in [3.8, 4) is 0 Å². The molecule has 0 saturated heterocycles. The number of aromatic nitrogens is 1. The number of carbonyl (C=O) groups excluding carboxylic acids is 2. The third kappa shape index (κ3) is 3.82. The van der Waals surface area contributed by atoms with Gasteiger partial charge >= 0.3 is 0 Å². The summed E-state index contributed by atoms with van der Waals surface area (Å²) in [5, 5.41) is 5.34. The van der Waals surface area contributed by atoms with Gasteiger partial charge in [-0.2, -0.15) is 0 Å². The summed E-state index contributed by atoms with van der Waals surface area (Å²) >= 11 is 1.63. The van der Waals surface area contributed by atoms with Crippen molar-refractivity contribution >= 4 is 33.4 Å². The minimum Gasteiger partial charge on any atom is -0.385 e. The van der Waals surface area contributed by atoms with Gasteiger partial charge in [0.1, 0.15) is 11.2 Å². The van der Waals surface area contributed by atoms with Gasteiger partial charge in [-0.25, -0.2) is 0 Å². The molecular weight excluding hydrogens is 386 g/mol. The first-order valence-electron chi connectivity index (χ1n) is 10.7. The highest BCUT2D eigenvalue weighted by molar-refractivity contribution is 7.17. The summed E-state index contributed by atoms with van der Waals surface area (Å²) in [7, 11) is 1.66. The number of carbonyl (C=O) groups is 2. The van der Waals surface area contributed by atoms with Gasteiger partial charge in [-0.3, -0.25) is 9.59 Å². The zero-order chi connectivity index (χ0) is 20.4. The fourth-order valence-corrected chi connectivity index (χ4v) is 5.58. The lowest BCUT2D eigenvalue weighted by Crippen LogP contribution is -2.65. The SMILES string of the molecule is COCCCN1C(=O)c2cc3sccc3n2C[C@@]1(C)C(=O)NC1CCCCCC1. The zero-order valence-electron chi connectivity index (χ0n) is 17.4. The van der Waals surface area contributed by atoms with E-state index in [0.717, 1.165) is 35.9 Å². The maximum atomic E-state index is 13.5. The van der Waals surface area contributed by atoms with Crippen LogP contribution in [-0.2, 0) is 16.1 Å². The van der Waals surface area contributed by atoms with Crippen molar-refractivity contribution in [3.05, 3.63) is 23.2 Å². The summed E-state index contributed by atoms with van der Waals surface area (Å²) in [6, 6.07) is 4.22. The van der Waals surface area contributed by atoms with Crippen LogP contribution in [0.5, 0.6) is 0 Å². The van der Waals surface area contributed by atoms with Gasteiger partial charge in [0.05, 0.1) is 16.8 Å². The summed E-state index contributed by atoms with van der Waals surface area (Å²) in [6.07, 6.45) is 7.59. The molecule has 2 aromatic rings. The van der Waals surface area contributed by atoms with Gasteiger partial charge in [0.2, 0.25) is 5.91 Å². The second-order valence-corrected chi connectivity index (χ2v) is 9.47. The number of amides is 2. The number of ether oxygens (including phenoxy) is 1. The quantitative estimate of drug-likeness (QED) is 0.574. The molecule has 29 heavy (non-hydrogen) atoms. The molecule has 1 fully saturated rings. The second-order valence-electron chi connectivity index (χ2n) is 8.52. The first kappa shape index (κ1) is 20.4. The van der Waals surface area contributed by atoms with E-state index < -0.39 is 5.54 Å². The van der Waals surface area contributed by atoms with Crippen LogP contribution in [0.3, 0.4) is 0 Å². The summed E-state index contributed by atoms with van der Waals surface area (Å²) in [5.41, 5.74) is 0.824. The van der Waals surface area contributed by atoms with Crippen molar-refractivity contribution in [2.24, 2.45) is 0 Å². The normalized spacial score (nSPS) is 23.2. The minimum absolute atomic E-state index is 0.0297. The minimum atomic E-state index is -0.905. The van der Waals surface area contributed by atoms with Crippen molar-refractivity contribution in [1.82, 2.24) is 14.8 Å². The first-order valence-corrected chi connectivity index (χ1v) is 11.6. The van der Waals surface area contributed by atoms with Crippen molar-refractivity contribution in [3.63, 3.8) is 0 Å². The van der Waals surface area contributed by atoms with E-state index in [0.29, 0.717) is 31.8 Å². The number of hydrogen-bond acceptors (Lipinski definition) is 4. The van der Waals surface area contributed by atoms with Crippen LogP contribution >= 0.6 is 11.3 Å². The van der Waals surface area contributed by atoms with Gasteiger partial charge in [-0.15, -0.1) is 11.3 Å². The molecule has 1 aliphatic heterocycles. The smallest absolute Gasteiger partial charge is 0.271 e. The number of hydrogen-bond donors (Lipinski definition) is 1. The fourth-order valence-electron chi connectivity index (χ4n) is 4.75. The molecule has 0 radical (unpaired) electrons. The van der Waals surface area contributed by atoms with E-state index in [4.69, 9.17) is 4.74 Å². The molecule has 2 aliphatic rings. The molecule has 6 nitrogen and oxygen atoms in total. The highest BCUT2D eigenvalue weighted by Crippen LogP contribution is 2.34. The Hall–Kier alpha value is -1.86. The van der Waals surface area contributed by atoms with E-state index in [-0.39, 0.29) is 17.9 Å². The van der Waals surface area contributed by atoms with E-state index in [9.17, 15) is 9.59 Å². The van der Waals surface area contributed by atoms with Gasteiger partial charge in [0.15, 0.2) is 0 Å². The first-order chi connectivity index (χ1) is 14.0. The van der Waals surface area contributed by atoms with E-state index in [2.05, 4.69) is 5.32 Å². The molecule has 7 heteroatoms. The molecular formula is C22H31N3O3S. The Morgan fingerprint density at radius 3 is 2.79 bits per heavy atom. The Kier molecular flexibility index (Phi) is 5.97. The van der Waals surface area contributed by atoms with Gasteiger partial charge < -0.3 is 19.5 Å². The molecule has 1 atom stereocenters. The third-order valence-corrected chi connectivity index (χ3v) is 7.31. The molecule has 158 valence electrons. The van der Waals surface area contributed by atoms with Gasteiger partial charge in [-0.05, 0) is 43.7 Å². The molecule has 0 bridgehead atoms. The summed E-state index contributed by atoms with van der Waals surface area (Å²) in [4.78, 5) is 28.8. The monoisotopic (exact) mass is 417 g/mol. The average Bonchev–Trinajstić information content (AvgIpc) is 3.19. The summed E-state index contributed by atoms with van der Waals surface area (Å²) in [5.74, 6) is -0.0906. The number of nitrogens with zero attached hydrogens (tertiary/aromatic N) is 2. The van der Waals surface area contributed by atoms with Crippen molar-refractivity contribution in [2.75, 3.05) is 20.3 Å². The van der Waals surface area contributed by atoms with Crippen LogP contribution in [0, 0.1) is 0 Å². The van der Waals surface area contributed by atoms with E-state index in [1.807, 2.05) is 29.0 Å². The maximum absolute atomic E-state index is 13.5. The topological polar surface area (TPSA) is 63.6 Å². The lowest BCUT2D eigenvalue weighted by molar-refractivity contribution is -0.133. The number of nitrogens with one attached hydrogen (secondary N) is 1. The highest BCUT2D eigenvalue weighted by atomic mass is 32.1. The number of rotatable bonds is 6. The molecule has 1 aliphatic carbocycles. The number of fused-ring (bicyclic) bond motifs is 3. The fraction of sp³-hybridized carbons (Fsp3) is 0.636. The van der Waals surface area contributed by atoms with Crippen LogP contribution in [0.25, 0.3) is 10.2 Å². The van der Waals surface area contributed by atoms with Crippen LogP contribution in [0.1, 0.15) is 62.4 Å². The molecule has 4 rings (SSSR count). The zero-order valence-corrected chi connectivity index (χ0v) is 18.2. The Morgan fingerprint density at radius 1 is 1.31 bits per heavy atom. The molecule has 0 aromatic carbocycles. The third-order valence-electron chi connectivity index (χ3n) is 6.46. The van der Waals surface area contributed by atoms with Gasteiger partial charge in [0.25, 0.3) is 5.91 Å². The van der Waals surface area contributed by atoms with Crippen LogP contribution in [-0.4, -0.2) is 53.1 Å².